The van der Waals surface area contributed by atoms with Crippen molar-refractivity contribution in [2.75, 3.05) is 6.61 Å². The van der Waals surface area contributed by atoms with E-state index in [2.05, 4.69) is 13.8 Å². The number of unbranched alkanes of at least 4 members (excludes halogenated alkanes) is 1. The van der Waals surface area contributed by atoms with Crippen molar-refractivity contribution in [1.29, 1.82) is 0 Å². The van der Waals surface area contributed by atoms with Crippen molar-refractivity contribution in [1.82, 2.24) is 0 Å². The molecule has 0 aromatic heterocycles. The van der Waals surface area contributed by atoms with Gasteiger partial charge in [0.25, 0.3) is 0 Å². The molecule has 0 bridgehead atoms. The number of carbonyl (C=O) groups is 1. The molecule has 142 valence electrons. The van der Waals surface area contributed by atoms with Crippen molar-refractivity contribution in [2.45, 2.75) is 46.5 Å². The van der Waals surface area contributed by atoms with Gasteiger partial charge in [-0.05, 0) is 56.9 Å². The quantitative estimate of drug-likeness (QED) is 0.452. The zero-order valence-electron chi connectivity index (χ0n) is 17.8. The van der Waals surface area contributed by atoms with Gasteiger partial charge in [0, 0.05) is 5.56 Å². The summed E-state index contributed by atoms with van der Waals surface area (Å²) in [6.45, 7) is 7.10. The molecule has 0 radical (unpaired) electrons. The second kappa shape index (κ2) is 12.6. The molecule has 0 aliphatic rings. The molecule has 0 spiro atoms. The summed E-state index contributed by atoms with van der Waals surface area (Å²) in [5, 5.41) is 1.47. The van der Waals surface area contributed by atoms with E-state index in [-0.39, 0.29) is 34.4 Å². The predicted octanol–water partition coefficient (Wildman–Crippen LogP) is 3.50. The van der Waals surface area contributed by atoms with E-state index < -0.39 is 0 Å². The van der Waals surface area contributed by atoms with E-state index in [1.807, 2.05) is 49.4 Å². The van der Waals surface area contributed by atoms with Crippen LogP contribution >= 0.6 is 20.2 Å². The van der Waals surface area contributed by atoms with Gasteiger partial charge in [-0.15, -0.1) is 0 Å². The Labute approximate surface area is 183 Å². The van der Waals surface area contributed by atoms with Crippen LogP contribution in [0.4, 0.5) is 0 Å². The third-order valence-electron chi connectivity index (χ3n) is 4.61. The summed E-state index contributed by atoms with van der Waals surface area (Å²) in [6, 6.07) is 13.3. The molecule has 5 heteroatoms. The molecule has 2 aromatic carbocycles. The normalized spacial score (nSPS) is 12.0. The minimum Gasteiger partial charge on any atom is -1.00 e. The third-order valence-corrected chi connectivity index (χ3v) is 6.28. The molecule has 0 saturated carbocycles. The summed E-state index contributed by atoms with van der Waals surface area (Å²) in [5.41, 5.74) is 1.88. The minimum atomic E-state index is 0. The predicted molar refractivity (Wildman–Crippen MR) is 115 cm³/mol. The van der Waals surface area contributed by atoms with Crippen LogP contribution in [0.25, 0.3) is 0 Å². The Morgan fingerprint density at radius 2 is 1.96 bits per heavy atom. The number of benzene rings is 2. The number of rotatable bonds is 10. The van der Waals surface area contributed by atoms with Gasteiger partial charge in [-0.3, -0.25) is 4.79 Å². The molecule has 27 heavy (non-hydrogen) atoms. The van der Waals surface area contributed by atoms with Gasteiger partial charge in [-0.25, -0.2) is 0 Å². The molecule has 0 saturated heterocycles. The average molecular weight is 399 g/mol. The summed E-state index contributed by atoms with van der Waals surface area (Å²) in [7, 11) is 0.0182. The molecule has 2 unspecified atom stereocenters. The van der Waals surface area contributed by atoms with E-state index in [0.717, 1.165) is 35.2 Å². The van der Waals surface area contributed by atoms with Crippen molar-refractivity contribution >= 4 is 31.0 Å². The van der Waals surface area contributed by atoms with Crippen LogP contribution in [0, 0.1) is 12.8 Å². The SMILES string of the molecule is CCCCC(CC)COc1ccc(PC(=O)c2ccccc2C)c(Cl)c1.[H-].[Li+]. The Morgan fingerprint density at radius 3 is 2.59 bits per heavy atom. The molecule has 0 heterocycles. The Hall–Kier alpha value is -0.773. The number of ether oxygens (including phenoxy) is 1. The van der Waals surface area contributed by atoms with E-state index >= 15 is 0 Å². The van der Waals surface area contributed by atoms with Crippen molar-refractivity contribution in [2.24, 2.45) is 5.92 Å². The van der Waals surface area contributed by atoms with Crippen LogP contribution in [0.5, 0.6) is 5.75 Å². The standard InChI is InChI=1S/C22H28ClO2P.Li.H/c1-4-6-10-17(5-2)15-25-18-12-13-21(20(23)14-18)26-22(24)19-11-8-7-9-16(19)3;;/h7-9,11-14,17,26H,4-6,10,15H2,1-3H3;;/q;+1;-1. The van der Waals surface area contributed by atoms with E-state index in [9.17, 15) is 4.79 Å². The van der Waals surface area contributed by atoms with Crippen molar-refractivity contribution in [3.8, 4) is 5.75 Å². The first-order valence-electron chi connectivity index (χ1n) is 9.34. The maximum absolute atomic E-state index is 12.5. The van der Waals surface area contributed by atoms with Crippen molar-refractivity contribution < 1.29 is 29.8 Å². The van der Waals surface area contributed by atoms with Gasteiger partial charge in [0.2, 0.25) is 0 Å². The van der Waals surface area contributed by atoms with Gasteiger partial charge in [0.15, 0.2) is 5.52 Å². The topological polar surface area (TPSA) is 26.3 Å². The number of halogens is 1. The van der Waals surface area contributed by atoms with Crippen LogP contribution in [0.2, 0.25) is 5.02 Å². The Kier molecular flexibility index (Phi) is 11.4. The second-order valence-corrected chi connectivity index (χ2v) is 8.29. The maximum Gasteiger partial charge on any atom is 1.00 e. The van der Waals surface area contributed by atoms with Gasteiger partial charge in [-0.2, -0.15) is 0 Å². The average Bonchev–Trinajstić information content (AvgIpc) is 2.64. The molecule has 2 aromatic rings. The third kappa shape index (κ3) is 7.63. The summed E-state index contributed by atoms with van der Waals surface area (Å²) in [6.07, 6.45) is 4.78. The molecule has 0 aliphatic heterocycles. The van der Waals surface area contributed by atoms with E-state index in [1.165, 1.54) is 19.3 Å². The van der Waals surface area contributed by atoms with E-state index in [4.69, 9.17) is 16.3 Å². The number of hydrogen-bond acceptors (Lipinski definition) is 2. The van der Waals surface area contributed by atoms with Crippen molar-refractivity contribution in [3.63, 3.8) is 0 Å². The van der Waals surface area contributed by atoms with Gasteiger partial charge in [-0.1, -0.05) is 69.0 Å². The fourth-order valence-electron chi connectivity index (χ4n) is 2.82. The smallest absolute Gasteiger partial charge is 1.00 e. The summed E-state index contributed by atoms with van der Waals surface area (Å²) in [4.78, 5) is 12.5. The fraction of sp³-hybridized carbons (Fsp3) is 0.409. The second-order valence-electron chi connectivity index (χ2n) is 6.64. The summed E-state index contributed by atoms with van der Waals surface area (Å²) in [5.74, 6) is 1.36. The van der Waals surface area contributed by atoms with Crippen molar-refractivity contribution in [3.05, 3.63) is 58.6 Å². The van der Waals surface area contributed by atoms with Gasteiger partial charge < -0.3 is 6.16 Å². The summed E-state index contributed by atoms with van der Waals surface area (Å²) >= 11 is 6.41. The Morgan fingerprint density at radius 1 is 1.22 bits per heavy atom. The fourth-order valence-corrected chi connectivity index (χ4v) is 4.15. The van der Waals surface area contributed by atoms with Gasteiger partial charge in [0.05, 0.1) is 11.6 Å². The van der Waals surface area contributed by atoms with Crippen LogP contribution < -0.4 is 28.9 Å². The molecule has 0 fully saturated rings. The number of aryl methyl sites for hydroxylation is 1. The van der Waals surface area contributed by atoms with Crippen LogP contribution in [0.3, 0.4) is 0 Å². The van der Waals surface area contributed by atoms with Gasteiger partial charge >= 0.3 is 18.9 Å². The van der Waals surface area contributed by atoms with Gasteiger partial charge in [0.1, 0.15) is 5.75 Å². The van der Waals surface area contributed by atoms with Crippen LogP contribution in [-0.4, -0.2) is 12.1 Å². The Bertz CT molecular complexity index is 742. The number of carbonyl (C=O) groups excluding carboxylic acids is 1. The van der Waals surface area contributed by atoms with Crippen LogP contribution in [0.15, 0.2) is 42.5 Å². The van der Waals surface area contributed by atoms with Crippen LogP contribution in [-0.2, 0) is 0 Å². The zero-order valence-corrected chi connectivity index (χ0v) is 18.6. The first-order valence-corrected chi connectivity index (χ1v) is 10.7. The minimum absolute atomic E-state index is 0. The van der Waals surface area contributed by atoms with Crippen LogP contribution in [0.1, 0.15) is 56.9 Å². The number of hydrogen-bond donors (Lipinski definition) is 0. The Balaban J connectivity index is 0.00000364. The molecule has 0 N–H and O–H groups in total. The monoisotopic (exact) mass is 398 g/mol. The first-order chi connectivity index (χ1) is 12.5. The molecule has 2 rings (SSSR count). The largest absolute Gasteiger partial charge is 1.00 e. The summed E-state index contributed by atoms with van der Waals surface area (Å²) < 4.78 is 5.93. The molecular formula is C22H29ClLiO2P. The molecule has 2 atom stereocenters. The first kappa shape index (κ1) is 24.3. The zero-order chi connectivity index (χ0) is 18.9. The molecule has 0 aliphatic carbocycles. The molecule has 2 nitrogen and oxygen atoms in total. The molecule has 0 amide bonds. The molecular weight excluding hydrogens is 370 g/mol. The van der Waals surface area contributed by atoms with E-state index in [1.54, 1.807) is 0 Å². The van der Waals surface area contributed by atoms with E-state index in [0.29, 0.717) is 10.9 Å². The maximum atomic E-state index is 12.5.